The van der Waals surface area contributed by atoms with Gasteiger partial charge in [0.05, 0.1) is 12.1 Å². The van der Waals surface area contributed by atoms with Crippen molar-refractivity contribution in [2.75, 3.05) is 19.6 Å². The van der Waals surface area contributed by atoms with Crippen molar-refractivity contribution in [1.29, 1.82) is 0 Å². The van der Waals surface area contributed by atoms with Gasteiger partial charge in [-0.15, -0.1) is 0 Å². The van der Waals surface area contributed by atoms with Crippen LogP contribution in [0.1, 0.15) is 47.7 Å². The van der Waals surface area contributed by atoms with E-state index in [0.717, 1.165) is 37.1 Å². The van der Waals surface area contributed by atoms with Crippen molar-refractivity contribution in [2.45, 2.75) is 33.1 Å². The van der Waals surface area contributed by atoms with E-state index in [1.165, 1.54) is 6.42 Å². The van der Waals surface area contributed by atoms with Crippen LogP contribution in [0, 0.1) is 24.7 Å². The number of likely N-dealkylation sites (tertiary alicyclic amines) is 1. The molecule has 1 aliphatic heterocycles. The maximum atomic E-state index is 12.8. The maximum Gasteiger partial charge on any atom is 0.255 e. The van der Waals surface area contributed by atoms with Gasteiger partial charge in [0, 0.05) is 18.7 Å². The first kappa shape index (κ1) is 15.6. The number of aryl methyl sites for hydroxylation is 1. The minimum atomic E-state index is 0.106. The molecule has 21 heavy (non-hydrogen) atoms. The number of benzene rings is 1. The van der Waals surface area contributed by atoms with Gasteiger partial charge in [-0.1, -0.05) is 30.4 Å². The van der Waals surface area contributed by atoms with Crippen LogP contribution in [-0.2, 0) is 0 Å². The predicted octanol–water partition coefficient (Wildman–Crippen LogP) is 2.57. The second-order valence-corrected chi connectivity index (χ2v) is 5.88. The standard InChI is InChI=1S/C18H24N2O/c1-14-5-4-11-20(12-9-14)18(21)17-13-15(2)7-8-16(17)6-3-10-19/h7-8,13-14H,4-5,9-12,19H2,1-2H3. The molecule has 1 saturated heterocycles. The molecule has 2 N–H and O–H groups in total. The summed E-state index contributed by atoms with van der Waals surface area (Å²) in [4.78, 5) is 14.8. The summed E-state index contributed by atoms with van der Waals surface area (Å²) >= 11 is 0. The van der Waals surface area contributed by atoms with Crippen LogP contribution in [0.5, 0.6) is 0 Å². The average molecular weight is 284 g/mol. The van der Waals surface area contributed by atoms with Gasteiger partial charge >= 0.3 is 0 Å². The van der Waals surface area contributed by atoms with Crippen molar-refractivity contribution in [3.63, 3.8) is 0 Å². The molecule has 1 atom stereocenters. The summed E-state index contributed by atoms with van der Waals surface area (Å²) in [6.45, 7) is 6.27. The minimum Gasteiger partial charge on any atom is -0.339 e. The Hall–Kier alpha value is -1.79. The second-order valence-electron chi connectivity index (χ2n) is 5.88. The lowest BCUT2D eigenvalue weighted by Crippen LogP contribution is -2.32. The Morgan fingerprint density at radius 1 is 1.38 bits per heavy atom. The minimum absolute atomic E-state index is 0.106. The number of carbonyl (C=O) groups excluding carboxylic acids is 1. The van der Waals surface area contributed by atoms with Crippen LogP contribution in [0.3, 0.4) is 0 Å². The molecule has 2 rings (SSSR count). The molecular formula is C18H24N2O. The van der Waals surface area contributed by atoms with Crippen LogP contribution < -0.4 is 5.73 Å². The Bertz CT molecular complexity index is 568. The molecule has 1 amide bonds. The summed E-state index contributed by atoms with van der Waals surface area (Å²) < 4.78 is 0. The number of hydrogen-bond acceptors (Lipinski definition) is 2. The molecular weight excluding hydrogens is 260 g/mol. The van der Waals surface area contributed by atoms with Gasteiger partial charge in [-0.2, -0.15) is 0 Å². The number of nitrogens with two attached hydrogens (primary N) is 1. The van der Waals surface area contributed by atoms with Gasteiger partial charge in [-0.25, -0.2) is 0 Å². The normalized spacial score (nSPS) is 18.6. The first-order valence-corrected chi connectivity index (χ1v) is 7.70. The summed E-state index contributed by atoms with van der Waals surface area (Å²) in [6, 6.07) is 5.85. The molecule has 3 heteroatoms. The molecule has 1 heterocycles. The van der Waals surface area contributed by atoms with Crippen LogP contribution in [0.2, 0.25) is 0 Å². The van der Waals surface area contributed by atoms with Crippen LogP contribution >= 0.6 is 0 Å². The smallest absolute Gasteiger partial charge is 0.255 e. The molecule has 1 aromatic carbocycles. The van der Waals surface area contributed by atoms with Gasteiger partial charge in [0.2, 0.25) is 0 Å². The predicted molar refractivity (Wildman–Crippen MR) is 86.0 cm³/mol. The molecule has 112 valence electrons. The third-order valence-corrected chi connectivity index (χ3v) is 4.03. The van der Waals surface area contributed by atoms with E-state index in [0.29, 0.717) is 18.0 Å². The molecule has 1 aliphatic rings. The van der Waals surface area contributed by atoms with Gasteiger partial charge in [-0.05, 0) is 44.2 Å². The zero-order valence-electron chi connectivity index (χ0n) is 13.0. The highest BCUT2D eigenvalue weighted by atomic mass is 16.2. The second kappa shape index (κ2) is 7.28. The summed E-state index contributed by atoms with van der Waals surface area (Å²) in [7, 11) is 0. The van der Waals surface area contributed by atoms with E-state index in [2.05, 4.69) is 18.8 Å². The number of amides is 1. The van der Waals surface area contributed by atoms with E-state index in [1.807, 2.05) is 30.0 Å². The quantitative estimate of drug-likeness (QED) is 0.806. The molecule has 0 radical (unpaired) electrons. The van der Waals surface area contributed by atoms with Crippen LogP contribution in [0.15, 0.2) is 18.2 Å². The van der Waals surface area contributed by atoms with E-state index in [-0.39, 0.29) is 5.91 Å². The first-order chi connectivity index (χ1) is 10.1. The lowest BCUT2D eigenvalue weighted by atomic mass is 10.0. The van der Waals surface area contributed by atoms with Crippen molar-refractivity contribution in [1.82, 2.24) is 4.90 Å². The van der Waals surface area contributed by atoms with Crippen molar-refractivity contribution in [3.8, 4) is 11.8 Å². The van der Waals surface area contributed by atoms with Crippen LogP contribution in [0.25, 0.3) is 0 Å². The van der Waals surface area contributed by atoms with Gasteiger partial charge in [0.1, 0.15) is 0 Å². The molecule has 0 aliphatic carbocycles. The molecule has 3 nitrogen and oxygen atoms in total. The molecule has 1 aromatic rings. The number of rotatable bonds is 1. The zero-order chi connectivity index (χ0) is 15.2. The fourth-order valence-electron chi connectivity index (χ4n) is 2.73. The Morgan fingerprint density at radius 2 is 2.19 bits per heavy atom. The monoisotopic (exact) mass is 284 g/mol. The van der Waals surface area contributed by atoms with Gasteiger partial charge < -0.3 is 10.6 Å². The van der Waals surface area contributed by atoms with Gasteiger partial charge in [0.25, 0.3) is 5.91 Å². The topological polar surface area (TPSA) is 46.3 Å². The third-order valence-electron chi connectivity index (χ3n) is 4.03. The van der Waals surface area contributed by atoms with Crippen LogP contribution in [-0.4, -0.2) is 30.4 Å². The van der Waals surface area contributed by atoms with Gasteiger partial charge in [-0.3, -0.25) is 4.79 Å². The van der Waals surface area contributed by atoms with Crippen molar-refractivity contribution >= 4 is 5.91 Å². The third kappa shape index (κ3) is 4.09. The lowest BCUT2D eigenvalue weighted by molar-refractivity contribution is 0.0760. The summed E-state index contributed by atoms with van der Waals surface area (Å²) in [5, 5.41) is 0. The molecule has 0 bridgehead atoms. The largest absolute Gasteiger partial charge is 0.339 e. The van der Waals surface area contributed by atoms with E-state index < -0.39 is 0 Å². The van der Waals surface area contributed by atoms with E-state index in [4.69, 9.17) is 5.73 Å². The van der Waals surface area contributed by atoms with E-state index in [1.54, 1.807) is 0 Å². The Balaban J connectivity index is 2.27. The molecule has 0 saturated carbocycles. The van der Waals surface area contributed by atoms with Gasteiger partial charge in [0.15, 0.2) is 0 Å². The van der Waals surface area contributed by atoms with E-state index in [9.17, 15) is 4.79 Å². The Labute approximate surface area is 127 Å². The number of carbonyl (C=O) groups is 1. The van der Waals surface area contributed by atoms with Crippen molar-refractivity contribution in [2.24, 2.45) is 11.7 Å². The Morgan fingerprint density at radius 3 is 2.95 bits per heavy atom. The summed E-state index contributed by atoms with van der Waals surface area (Å²) in [5.41, 5.74) is 8.02. The summed E-state index contributed by atoms with van der Waals surface area (Å²) in [6.07, 6.45) is 3.38. The number of nitrogens with zero attached hydrogens (tertiary/aromatic N) is 1. The molecule has 0 spiro atoms. The summed E-state index contributed by atoms with van der Waals surface area (Å²) in [5.74, 6) is 6.68. The van der Waals surface area contributed by atoms with Crippen molar-refractivity contribution in [3.05, 3.63) is 34.9 Å². The van der Waals surface area contributed by atoms with Crippen molar-refractivity contribution < 1.29 is 4.79 Å². The Kier molecular flexibility index (Phi) is 5.41. The first-order valence-electron chi connectivity index (χ1n) is 7.70. The fourth-order valence-corrected chi connectivity index (χ4v) is 2.73. The van der Waals surface area contributed by atoms with E-state index >= 15 is 0 Å². The molecule has 0 aromatic heterocycles. The fraction of sp³-hybridized carbons (Fsp3) is 0.500. The highest BCUT2D eigenvalue weighted by Crippen LogP contribution is 2.20. The SMILES string of the molecule is Cc1ccc(C#CCN)c(C(=O)N2CCCC(C)CC2)c1. The maximum absolute atomic E-state index is 12.8. The van der Waals surface area contributed by atoms with Crippen LogP contribution in [0.4, 0.5) is 0 Å². The number of hydrogen-bond donors (Lipinski definition) is 1. The average Bonchev–Trinajstić information content (AvgIpc) is 2.70. The molecule has 1 fully saturated rings. The highest BCUT2D eigenvalue weighted by molar-refractivity contribution is 5.97. The highest BCUT2D eigenvalue weighted by Gasteiger charge is 2.21. The zero-order valence-corrected chi connectivity index (χ0v) is 13.0. The molecule has 1 unspecified atom stereocenters. The lowest BCUT2D eigenvalue weighted by Gasteiger charge is -2.21.